The Morgan fingerprint density at radius 2 is 1.59 bits per heavy atom. The summed E-state index contributed by atoms with van der Waals surface area (Å²) in [6, 6.07) is 24.4. The summed E-state index contributed by atoms with van der Waals surface area (Å²) in [5.41, 5.74) is 3.85. The number of hydrazone groups is 1. The van der Waals surface area contributed by atoms with Gasteiger partial charge in [-0.2, -0.15) is 9.82 Å². The first kappa shape index (κ1) is 22.3. The van der Waals surface area contributed by atoms with Crippen molar-refractivity contribution in [1.29, 1.82) is 0 Å². The Morgan fingerprint density at radius 3 is 2.29 bits per heavy atom. The summed E-state index contributed by atoms with van der Waals surface area (Å²) in [7, 11) is -3.62. The van der Waals surface area contributed by atoms with Crippen LogP contribution < -0.4 is 9.73 Å². The Hall–Kier alpha value is -3.53. The first-order valence-corrected chi connectivity index (χ1v) is 12.8. The fraction of sp³-hybridized carbons (Fsp3) is 0.125. The average molecular weight is 493 g/mol. The molecule has 1 unspecified atom stereocenters. The minimum atomic E-state index is -3.62. The number of nitrogens with zero attached hydrogens (tertiary/aromatic N) is 5. The first-order valence-electron chi connectivity index (χ1n) is 10.5. The standard InChI is InChI=1S/C24H21ClN6O2S/c1-16-26-27-24-30(16)21-11-7-6-10-20(21)22(17-12-14-19(25)15-13-17)28-31(24)23(29-34(2,32)33)18-8-4-3-5-9-18/h3-15,23,29H,1-2H3. The zero-order valence-corrected chi connectivity index (χ0v) is 20.0. The lowest BCUT2D eigenvalue weighted by Crippen LogP contribution is -2.39. The second-order valence-electron chi connectivity index (χ2n) is 7.90. The van der Waals surface area contributed by atoms with Crippen molar-refractivity contribution < 1.29 is 8.42 Å². The maximum absolute atomic E-state index is 12.4. The normalized spacial score (nSPS) is 14.1. The molecular weight excluding hydrogens is 472 g/mol. The summed E-state index contributed by atoms with van der Waals surface area (Å²) in [4.78, 5) is 0. The van der Waals surface area contributed by atoms with Gasteiger partial charge in [-0.1, -0.05) is 72.3 Å². The molecule has 34 heavy (non-hydrogen) atoms. The molecule has 5 rings (SSSR count). The second-order valence-corrected chi connectivity index (χ2v) is 10.1. The van der Waals surface area contributed by atoms with Crippen LogP contribution in [-0.2, 0) is 10.0 Å². The van der Waals surface area contributed by atoms with Crippen LogP contribution in [0.2, 0.25) is 5.02 Å². The van der Waals surface area contributed by atoms with Crippen molar-refractivity contribution in [3.63, 3.8) is 0 Å². The van der Waals surface area contributed by atoms with E-state index in [9.17, 15) is 8.42 Å². The lowest BCUT2D eigenvalue weighted by atomic mass is 10.0. The molecule has 0 radical (unpaired) electrons. The number of para-hydroxylation sites is 1. The van der Waals surface area contributed by atoms with Crippen LogP contribution >= 0.6 is 11.6 Å². The molecule has 1 aliphatic rings. The molecule has 0 fully saturated rings. The Kier molecular flexibility index (Phi) is 5.68. The summed E-state index contributed by atoms with van der Waals surface area (Å²) < 4.78 is 29.4. The van der Waals surface area contributed by atoms with Gasteiger partial charge in [0.1, 0.15) is 17.7 Å². The molecule has 0 amide bonds. The van der Waals surface area contributed by atoms with E-state index in [2.05, 4.69) is 14.9 Å². The van der Waals surface area contributed by atoms with Gasteiger partial charge in [0, 0.05) is 16.1 Å². The highest BCUT2D eigenvalue weighted by atomic mass is 35.5. The average Bonchev–Trinajstić information content (AvgIpc) is 3.13. The molecule has 172 valence electrons. The minimum Gasteiger partial charge on any atom is -0.263 e. The van der Waals surface area contributed by atoms with Gasteiger partial charge in [-0.05, 0) is 30.7 Å². The zero-order valence-electron chi connectivity index (χ0n) is 18.4. The molecule has 1 aliphatic heterocycles. The summed E-state index contributed by atoms with van der Waals surface area (Å²) in [6.45, 7) is 1.85. The van der Waals surface area contributed by atoms with Crippen molar-refractivity contribution in [1.82, 2.24) is 19.5 Å². The number of hydrogen-bond donors (Lipinski definition) is 1. The number of anilines is 1. The molecule has 10 heteroatoms. The number of fused-ring (bicyclic) bond motifs is 3. The highest BCUT2D eigenvalue weighted by Crippen LogP contribution is 2.34. The van der Waals surface area contributed by atoms with Gasteiger partial charge in [-0.25, -0.2) is 13.4 Å². The van der Waals surface area contributed by atoms with E-state index in [0.717, 1.165) is 23.1 Å². The third kappa shape index (κ3) is 4.21. The Morgan fingerprint density at radius 1 is 0.912 bits per heavy atom. The molecule has 0 saturated heterocycles. The van der Waals surface area contributed by atoms with Gasteiger partial charge >= 0.3 is 0 Å². The lowest BCUT2D eigenvalue weighted by molar-refractivity contribution is 0.544. The smallest absolute Gasteiger partial charge is 0.254 e. The topological polar surface area (TPSA) is 92.5 Å². The van der Waals surface area contributed by atoms with Crippen molar-refractivity contribution in [3.8, 4) is 5.69 Å². The molecule has 1 aromatic heterocycles. The van der Waals surface area contributed by atoms with E-state index >= 15 is 0 Å². The summed E-state index contributed by atoms with van der Waals surface area (Å²) in [6.07, 6.45) is 0.255. The van der Waals surface area contributed by atoms with Crippen LogP contribution in [0.5, 0.6) is 0 Å². The monoisotopic (exact) mass is 492 g/mol. The number of sulfonamides is 1. The van der Waals surface area contributed by atoms with Crippen LogP contribution in [0.4, 0.5) is 5.95 Å². The summed E-state index contributed by atoms with van der Waals surface area (Å²) >= 11 is 6.14. The van der Waals surface area contributed by atoms with Gasteiger partial charge in [0.25, 0.3) is 5.95 Å². The highest BCUT2D eigenvalue weighted by molar-refractivity contribution is 7.88. The quantitative estimate of drug-likeness (QED) is 0.453. The minimum absolute atomic E-state index is 0.388. The number of rotatable bonds is 5. The van der Waals surface area contributed by atoms with Gasteiger partial charge in [-0.15, -0.1) is 10.2 Å². The fourth-order valence-corrected chi connectivity index (χ4v) is 4.72. The van der Waals surface area contributed by atoms with Crippen molar-refractivity contribution in [2.75, 3.05) is 11.3 Å². The number of halogens is 1. The lowest BCUT2D eigenvalue weighted by Gasteiger charge is -2.28. The predicted octanol–water partition coefficient (Wildman–Crippen LogP) is 4.05. The van der Waals surface area contributed by atoms with E-state index in [1.54, 1.807) is 17.1 Å². The molecular formula is C24H21ClN6O2S. The third-order valence-corrected chi connectivity index (χ3v) is 6.33. The molecule has 3 aromatic carbocycles. The van der Waals surface area contributed by atoms with Crippen LogP contribution in [0.15, 0.2) is 84.0 Å². The number of nitrogens with one attached hydrogen (secondary N) is 1. The van der Waals surface area contributed by atoms with Crippen LogP contribution in [0, 0.1) is 6.92 Å². The number of hydrogen-bond acceptors (Lipinski definition) is 6. The molecule has 0 bridgehead atoms. The van der Waals surface area contributed by atoms with Crippen LogP contribution in [0.3, 0.4) is 0 Å². The van der Waals surface area contributed by atoms with E-state index in [4.69, 9.17) is 16.7 Å². The number of aromatic nitrogens is 3. The highest BCUT2D eigenvalue weighted by Gasteiger charge is 2.33. The number of benzene rings is 3. The maximum atomic E-state index is 12.4. The van der Waals surface area contributed by atoms with E-state index in [1.807, 2.05) is 78.2 Å². The number of aryl methyl sites for hydroxylation is 1. The molecule has 2 heterocycles. The third-order valence-electron chi connectivity index (χ3n) is 5.42. The summed E-state index contributed by atoms with van der Waals surface area (Å²) in [5, 5.41) is 15.8. The van der Waals surface area contributed by atoms with Gasteiger partial charge < -0.3 is 0 Å². The maximum Gasteiger partial charge on any atom is 0.254 e. The molecule has 0 saturated carbocycles. The molecule has 1 N–H and O–H groups in total. The second kappa shape index (κ2) is 8.68. The molecule has 0 aliphatic carbocycles. The largest absolute Gasteiger partial charge is 0.263 e. The predicted molar refractivity (Wildman–Crippen MR) is 133 cm³/mol. The van der Waals surface area contributed by atoms with Gasteiger partial charge in [0.2, 0.25) is 10.0 Å². The van der Waals surface area contributed by atoms with Crippen molar-refractivity contribution in [2.24, 2.45) is 5.10 Å². The van der Waals surface area contributed by atoms with Crippen LogP contribution in [-0.4, -0.2) is 35.1 Å². The molecule has 0 spiro atoms. The zero-order chi connectivity index (χ0) is 23.9. The van der Waals surface area contributed by atoms with Crippen molar-refractivity contribution >= 4 is 33.3 Å². The van der Waals surface area contributed by atoms with Crippen LogP contribution in [0.1, 0.15) is 28.7 Å². The fourth-order valence-electron chi connectivity index (χ4n) is 3.95. The Balaban J connectivity index is 1.81. The Labute approximate surface area is 202 Å². The van der Waals surface area contributed by atoms with E-state index in [0.29, 0.717) is 28.1 Å². The first-order chi connectivity index (χ1) is 16.3. The molecule has 4 aromatic rings. The van der Waals surface area contributed by atoms with Gasteiger partial charge in [0.05, 0.1) is 11.9 Å². The van der Waals surface area contributed by atoms with Gasteiger partial charge in [0.15, 0.2) is 0 Å². The van der Waals surface area contributed by atoms with Gasteiger partial charge in [-0.3, -0.25) is 4.57 Å². The van der Waals surface area contributed by atoms with E-state index in [1.165, 1.54) is 0 Å². The molecule has 1 atom stereocenters. The van der Waals surface area contributed by atoms with Crippen molar-refractivity contribution in [3.05, 3.63) is 106 Å². The van der Waals surface area contributed by atoms with E-state index in [-0.39, 0.29) is 0 Å². The Bertz CT molecular complexity index is 1480. The summed E-state index contributed by atoms with van der Waals surface area (Å²) in [5.74, 6) is 1.03. The SMILES string of the molecule is Cc1nnc2n1-c1ccccc1C(c1ccc(Cl)cc1)=NN2C(NS(C)(=O)=O)c1ccccc1. The van der Waals surface area contributed by atoms with Crippen LogP contribution in [0.25, 0.3) is 5.69 Å². The van der Waals surface area contributed by atoms with Crippen molar-refractivity contribution in [2.45, 2.75) is 13.1 Å². The molecule has 8 nitrogen and oxygen atoms in total. The van der Waals surface area contributed by atoms with E-state index < -0.39 is 16.2 Å².